The highest BCUT2D eigenvalue weighted by atomic mass is 32.1. The molecule has 2 aromatic heterocycles. The molecule has 0 aliphatic carbocycles. The van der Waals surface area contributed by atoms with Gasteiger partial charge < -0.3 is 5.73 Å². The third kappa shape index (κ3) is 1.64. The summed E-state index contributed by atoms with van der Waals surface area (Å²) >= 11 is 6.67. The molecule has 3 aromatic rings. The number of para-hydroxylation sites is 1. The molecule has 84 valence electrons. The lowest BCUT2D eigenvalue weighted by Crippen LogP contribution is -2.11. The molecule has 2 heterocycles. The van der Waals surface area contributed by atoms with Crippen LogP contribution in [0.3, 0.4) is 0 Å². The van der Waals surface area contributed by atoms with Gasteiger partial charge in [0, 0.05) is 10.8 Å². The molecule has 0 aliphatic heterocycles. The van der Waals surface area contributed by atoms with Crippen LogP contribution in [0.15, 0.2) is 41.1 Å². The molecule has 17 heavy (non-hydrogen) atoms. The van der Waals surface area contributed by atoms with Crippen LogP contribution in [0.25, 0.3) is 16.6 Å². The van der Waals surface area contributed by atoms with E-state index in [2.05, 4.69) is 5.10 Å². The van der Waals surface area contributed by atoms with Gasteiger partial charge in [-0.3, -0.25) is 0 Å². The van der Waals surface area contributed by atoms with Crippen molar-refractivity contribution in [2.24, 2.45) is 5.73 Å². The highest BCUT2D eigenvalue weighted by Gasteiger charge is 2.12. The van der Waals surface area contributed by atoms with Gasteiger partial charge in [0.1, 0.15) is 10.7 Å². The van der Waals surface area contributed by atoms with Gasteiger partial charge in [-0.2, -0.15) is 16.4 Å². The average molecular weight is 259 g/mol. The van der Waals surface area contributed by atoms with Crippen molar-refractivity contribution in [1.29, 1.82) is 0 Å². The maximum Gasteiger partial charge on any atom is 0.127 e. The van der Waals surface area contributed by atoms with E-state index in [0.29, 0.717) is 10.7 Å². The van der Waals surface area contributed by atoms with E-state index in [0.717, 1.165) is 16.6 Å². The van der Waals surface area contributed by atoms with Gasteiger partial charge in [0.15, 0.2) is 0 Å². The van der Waals surface area contributed by atoms with Crippen LogP contribution in [0.1, 0.15) is 5.69 Å². The predicted octanol–water partition coefficient (Wildman–Crippen LogP) is 2.72. The molecular weight excluding hydrogens is 250 g/mol. The van der Waals surface area contributed by atoms with Gasteiger partial charge in [-0.15, -0.1) is 0 Å². The number of hydrogen-bond donors (Lipinski definition) is 1. The lowest BCUT2D eigenvalue weighted by Gasteiger charge is -1.98. The number of rotatable bonds is 2. The van der Waals surface area contributed by atoms with E-state index in [9.17, 15) is 0 Å². The summed E-state index contributed by atoms with van der Waals surface area (Å²) in [7, 11) is 0. The molecule has 0 aliphatic rings. The zero-order chi connectivity index (χ0) is 11.8. The van der Waals surface area contributed by atoms with Crippen LogP contribution in [0.5, 0.6) is 0 Å². The van der Waals surface area contributed by atoms with Crippen LogP contribution in [0, 0.1) is 0 Å². The Balaban J connectivity index is 2.37. The van der Waals surface area contributed by atoms with Crippen molar-refractivity contribution < 1.29 is 0 Å². The average Bonchev–Trinajstić information content (AvgIpc) is 2.95. The molecule has 0 atom stereocenters. The van der Waals surface area contributed by atoms with E-state index in [-0.39, 0.29) is 0 Å². The SMILES string of the molecule is NC(=S)c1nn(-c2ccsc2)c2ccccc12. The summed E-state index contributed by atoms with van der Waals surface area (Å²) in [5, 5.41) is 9.54. The zero-order valence-corrected chi connectivity index (χ0v) is 10.5. The number of benzene rings is 1. The third-order valence-corrected chi connectivity index (χ3v) is 3.44. The summed E-state index contributed by atoms with van der Waals surface area (Å²) in [6, 6.07) is 9.97. The summed E-state index contributed by atoms with van der Waals surface area (Å²) in [6.07, 6.45) is 0. The van der Waals surface area contributed by atoms with Crippen molar-refractivity contribution in [3.8, 4) is 5.69 Å². The molecule has 0 spiro atoms. The van der Waals surface area contributed by atoms with E-state index in [1.807, 2.05) is 45.8 Å². The maximum absolute atomic E-state index is 5.70. The fourth-order valence-corrected chi connectivity index (χ4v) is 2.59. The smallest absolute Gasteiger partial charge is 0.127 e. The second-order valence-electron chi connectivity index (χ2n) is 3.62. The van der Waals surface area contributed by atoms with E-state index >= 15 is 0 Å². The van der Waals surface area contributed by atoms with Crippen molar-refractivity contribution in [3.63, 3.8) is 0 Å². The highest BCUT2D eigenvalue weighted by Crippen LogP contribution is 2.23. The summed E-state index contributed by atoms with van der Waals surface area (Å²) < 4.78 is 1.88. The monoisotopic (exact) mass is 259 g/mol. The standard InChI is InChI=1S/C12H9N3S2/c13-12(16)11-9-3-1-2-4-10(9)15(14-11)8-5-6-17-7-8/h1-7H,(H2,13,16). The summed E-state index contributed by atoms with van der Waals surface area (Å²) in [5.74, 6) is 0. The number of aromatic nitrogens is 2. The van der Waals surface area contributed by atoms with Gasteiger partial charge in [-0.25, -0.2) is 4.68 Å². The normalized spacial score (nSPS) is 10.8. The number of thiocarbonyl (C=S) groups is 1. The molecular formula is C12H9N3S2. The number of nitrogens with zero attached hydrogens (tertiary/aromatic N) is 2. The molecule has 0 unspecified atom stereocenters. The van der Waals surface area contributed by atoms with Crippen molar-refractivity contribution in [1.82, 2.24) is 9.78 Å². The minimum absolute atomic E-state index is 0.329. The van der Waals surface area contributed by atoms with Crippen LogP contribution in [0.2, 0.25) is 0 Å². The van der Waals surface area contributed by atoms with E-state index in [1.54, 1.807) is 11.3 Å². The Labute approximate surface area is 107 Å². The Hall–Kier alpha value is -1.72. The van der Waals surface area contributed by atoms with Crippen molar-refractivity contribution in [3.05, 3.63) is 46.8 Å². The number of hydrogen-bond acceptors (Lipinski definition) is 3. The molecule has 0 saturated carbocycles. The Morgan fingerprint density at radius 1 is 1.29 bits per heavy atom. The topological polar surface area (TPSA) is 43.8 Å². The fourth-order valence-electron chi connectivity index (χ4n) is 1.82. The quantitative estimate of drug-likeness (QED) is 0.720. The second kappa shape index (κ2) is 3.94. The lowest BCUT2D eigenvalue weighted by atomic mass is 10.2. The first-order valence-corrected chi connectivity index (χ1v) is 6.42. The maximum atomic E-state index is 5.70. The number of thiophene rings is 1. The van der Waals surface area contributed by atoms with E-state index in [4.69, 9.17) is 18.0 Å². The van der Waals surface area contributed by atoms with Crippen molar-refractivity contribution in [2.45, 2.75) is 0 Å². The van der Waals surface area contributed by atoms with Gasteiger partial charge >= 0.3 is 0 Å². The lowest BCUT2D eigenvalue weighted by molar-refractivity contribution is 0.910. The minimum atomic E-state index is 0.329. The summed E-state index contributed by atoms with van der Waals surface area (Å²) in [4.78, 5) is 0.329. The largest absolute Gasteiger partial charge is 0.388 e. The van der Waals surface area contributed by atoms with Gasteiger partial charge in [0.2, 0.25) is 0 Å². The molecule has 0 radical (unpaired) electrons. The first kappa shape index (κ1) is 10.4. The number of nitrogens with two attached hydrogens (primary N) is 1. The van der Waals surface area contributed by atoms with Crippen LogP contribution < -0.4 is 5.73 Å². The Bertz CT molecular complexity index is 683. The summed E-state index contributed by atoms with van der Waals surface area (Å²) in [6.45, 7) is 0. The summed E-state index contributed by atoms with van der Waals surface area (Å²) in [5.41, 5.74) is 8.44. The molecule has 0 amide bonds. The number of fused-ring (bicyclic) bond motifs is 1. The molecule has 1 aromatic carbocycles. The third-order valence-electron chi connectivity index (χ3n) is 2.57. The van der Waals surface area contributed by atoms with E-state index < -0.39 is 0 Å². The Kier molecular flexibility index (Phi) is 2.42. The fraction of sp³-hybridized carbons (Fsp3) is 0. The first-order valence-electron chi connectivity index (χ1n) is 5.07. The van der Waals surface area contributed by atoms with Crippen molar-refractivity contribution >= 4 is 39.4 Å². The molecule has 3 nitrogen and oxygen atoms in total. The minimum Gasteiger partial charge on any atom is -0.388 e. The van der Waals surface area contributed by atoms with Gasteiger partial charge in [0.05, 0.1) is 11.2 Å². The van der Waals surface area contributed by atoms with Gasteiger partial charge in [-0.05, 0) is 17.5 Å². The molecule has 5 heteroatoms. The zero-order valence-electron chi connectivity index (χ0n) is 8.83. The molecule has 0 bridgehead atoms. The first-order chi connectivity index (χ1) is 8.27. The van der Waals surface area contributed by atoms with Gasteiger partial charge in [-0.1, -0.05) is 30.4 Å². The Morgan fingerprint density at radius 3 is 2.82 bits per heavy atom. The second-order valence-corrected chi connectivity index (χ2v) is 4.84. The van der Waals surface area contributed by atoms with Crippen LogP contribution in [0.4, 0.5) is 0 Å². The van der Waals surface area contributed by atoms with Crippen LogP contribution >= 0.6 is 23.6 Å². The van der Waals surface area contributed by atoms with E-state index in [1.165, 1.54) is 0 Å². The van der Waals surface area contributed by atoms with Crippen molar-refractivity contribution in [2.75, 3.05) is 0 Å². The highest BCUT2D eigenvalue weighted by molar-refractivity contribution is 7.80. The molecule has 0 fully saturated rings. The molecule has 0 saturated heterocycles. The van der Waals surface area contributed by atoms with Crippen LogP contribution in [-0.4, -0.2) is 14.8 Å². The van der Waals surface area contributed by atoms with Gasteiger partial charge in [0.25, 0.3) is 0 Å². The Morgan fingerprint density at radius 2 is 2.12 bits per heavy atom. The molecule has 2 N–H and O–H groups in total. The molecule has 3 rings (SSSR count). The predicted molar refractivity (Wildman–Crippen MR) is 74.8 cm³/mol. The van der Waals surface area contributed by atoms with Crippen LogP contribution in [-0.2, 0) is 0 Å².